The summed E-state index contributed by atoms with van der Waals surface area (Å²) in [6.45, 7) is 2.41. The average molecular weight is 387 g/mol. The Morgan fingerprint density at radius 2 is 1.88 bits per heavy atom. The molecule has 1 amide bonds. The first-order valence-electron chi connectivity index (χ1n) is 7.93. The number of pyridine rings is 1. The smallest absolute Gasteiger partial charge is 0.256 e. The predicted octanol–water partition coefficient (Wildman–Crippen LogP) is 5.53. The van der Waals surface area contributed by atoms with Crippen LogP contribution in [0.1, 0.15) is 21.5 Å². The van der Waals surface area contributed by atoms with E-state index in [-0.39, 0.29) is 5.91 Å². The molecule has 0 aliphatic carbocycles. The molecule has 3 aromatic rings. The number of benzene rings is 2. The Balaban J connectivity index is 1.75. The molecule has 1 heterocycles. The van der Waals surface area contributed by atoms with E-state index in [4.69, 9.17) is 27.9 Å². The lowest BCUT2D eigenvalue weighted by molar-refractivity contribution is 0.102. The summed E-state index contributed by atoms with van der Waals surface area (Å²) in [6.07, 6.45) is 1.59. The summed E-state index contributed by atoms with van der Waals surface area (Å²) in [5.41, 5.74) is 2.59. The maximum absolute atomic E-state index is 12.4. The second kappa shape index (κ2) is 8.21. The standard InChI is InChI=1S/C20H16Cl2N2O2/c1-13-5-2-3-6-15(13)12-26-18-7-4-10-23-19(18)24-20(25)14-8-9-16(21)17(22)11-14/h2-11H,12H2,1H3,(H,23,24,25). The van der Waals surface area contributed by atoms with Crippen LogP contribution in [0.5, 0.6) is 5.75 Å². The Labute approximate surface area is 161 Å². The molecule has 26 heavy (non-hydrogen) atoms. The molecule has 0 aliphatic rings. The molecule has 0 fully saturated rings. The summed E-state index contributed by atoms with van der Waals surface area (Å²) in [6, 6.07) is 16.2. The van der Waals surface area contributed by atoms with Gasteiger partial charge in [0, 0.05) is 11.8 Å². The maximum Gasteiger partial charge on any atom is 0.256 e. The van der Waals surface area contributed by atoms with Crippen molar-refractivity contribution >= 4 is 34.9 Å². The van der Waals surface area contributed by atoms with Crippen LogP contribution >= 0.6 is 23.2 Å². The molecule has 1 aromatic heterocycles. The summed E-state index contributed by atoms with van der Waals surface area (Å²) in [7, 11) is 0. The van der Waals surface area contributed by atoms with E-state index in [0.717, 1.165) is 11.1 Å². The molecule has 3 rings (SSSR count). The normalized spacial score (nSPS) is 10.4. The van der Waals surface area contributed by atoms with Gasteiger partial charge in [-0.1, -0.05) is 47.5 Å². The molecule has 2 aromatic carbocycles. The number of carbonyl (C=O) groups is 1. The molecule has 0 unspecified atom stereocenters. The van der Waals surface area contributed by atoms with Crippen LogP contribution in [0, 0.1) is 6.92 Å². The van der Waals surface area contributed by atoms with E-state index >= 15 is 0 Å². The van der Waals surface area contributed by atoms with Gasteiger partial charge in [0.25, 0.3) is 5.91 Å². The van der Waals surface area contributed by atoms with E-state index in [0.29, 0.717) is 33.8 Å². The average Bonchev–Trinajstić information content (AvgIpc) is 2.64. The van der Waals surface area contributed by atoms with Crippen LogP contribution in [0.4, 0.5) is 5.82 Å². The van der Waals surface area contributed by atoms with E-state index in [1.165, 1.54) is 6.07 Å². The Kier molecular flexibility index (Phi) is 5.76. The quantitative estimate of drug-likeness (QED) is 0.627. The molecule has 0 aliphatic heterocycles. The summed E-state index contributed by atoms with van der Waals surface area (Å²) < 4.78 is 5.86. The molecule has 0 saturated heterocycles. The first-order valence-corrected chi connectivity index (χ1v) is 8.69. The number of anilines is 1. The second-order valence-corrected chi connectivity index (χ2v) is 6.46. The zero-order valence-corrected chi connectivity index (χ0v) is 15.5. The summed E-state index contributed by atoms with van der Waals surface area (Å²) >= 11 is 11.9. The fourth-order valence-corrected chi connectivity index (χ4v) is 2.64. The number of hydrogen-bond acceptors (Lipinski definition) is 3. The van der Waals surface area contributed by atoms with Crippen LogP contribution in [0.2, 0.25) is 10.0 Å². The lowest BCUT2D eigenvalue weighted by atomic mass is 10.1. The number of halogens is 2. The number of hydrogen-bond donors (Lipinski definition) is 1. The number of nitrogens with zero attached hydrogens (tertiary/aromatic N) is 1. The number of aromatic nitrogens is 1. The fourth-order valence-electron chi connectivity index (χ4n) is 2.35. The molecular formula is C20H16Cl2N2O2. The number of amides is 1. The maximum atomic E-state index is 12.4. The van der Waals surface area contributed by atoms with Gasteiger partial charge in [0.1, 0.15) is 6.61 Å². The van der Waals surface area contributed by atoms with Gasteiger partial charge in [-0.3, -0.25) is 4.79 Å². The summed E-state index contributed by atoms with van der Waals surface area (Å²) in [4.78, 5) is 16.7. The Morgan fingerprint density at radius 3 is 2.65 bits per heavy atom. The molecule has 0 saturated carbocycles. The number of carbonyl (C=O) groups excluding carboxylic acids is 1. The lowest BCUT2D eigenvalue weighted by Gasteiger charge is -2.12. The third kappa shape index (κ3) is 4.34. The molecule has 0 atom stereocenters. The van der Waals surface area contributed by atoms with Crippen molar-refractivity contribution in [2.24, 2.45) is 0 Å². The molecule has 6 heteroatoms. The van der Waals surface area contributed by atoms with Crippen LogP contribution in [0.25, 0.3) is 0 Å². The first-order chi connectivity index (χ1) is 12.5. The van der Waals surface area contributed by atoms with E-state index in [1.807, 2.05) is 31.2 Å². The molecule has 1 N–H and O–H groups in total. The van der Waals surface area contributed by atoms with Crippen molar-refractivity contribution in [3.8, 4) is 5.75 Å². The third-order valence-electron chi connectivity index (χ3n) is 3.83. The van der Waals surface area contributed by atoms with Crippen LogP contribution in [0.15, 0.2) is 60.8 Å². The van der Waals surface area contributed by atoms with Gasteiger partial charge in [-0.15, -0.1) is 0 Å². The number of ether oxygens (including phenoxy) is 1. The van der Waals surface area contributed by atoms with E-state index in [1.54, 1.807) is 30.5 Å². The monoisotopic (exact) mass is 386 g/mol. The van der Waals surface area contributed by atoms with Crippen LogP contribution in [-0.4, -0.2) is 10.9 Å². The highest BCUT2D eigenvalue weighted by Crippen LogP contribution is 2.25. The van der Waals surface area contributed by atoms with Crippen LogP contribution in [0.3, 0.4) is 0 Å². The van der Waals surface area contributed by atoms with E-state index < -0.39 is 0 Å². The van der Waals surface area contributed by atoms with Gasteiger partial charge in [0.2, 0.25) is 0 Å². The zero-order valence-electron chi connectivity index (χ0n) is 14.0. The molecule has 0 bridgehead atoms. The number of rotatable bonds is 5. The molecule has 0 spiro atoms. The van der Waals surface area contributed by atoms with Crippen molar-refractivity contribution in [1.29, 1.82) is 0 Å². The van der Waals surface area contributed by atoms with E-state index in [9.17, 15) is 4.79 Å². The lowest BCUT2D eigenvalue weighted by Crippen LogP contribution is -2.14. The van der Waals surface area contributed by atoms with Crippen molar-refractivity contribution in [2.75, 3.05) is 5.32 Å². The minimum Gasteiger partial charge on any atom is -0.485 e. The number of aryl methyl sites for hydroxylation is 1. The van der Waals surface area contributed by atoms with Gasteiger partial charge < -0.3 is 10.1 Å². The van der Waals surface area contributed by atoms with Crippen LogP contribution in [-0.2, 0) is 6.61 Å². The Morgan fingerprint density at radius 1 is 1.08 bits per heavy atom. The SMILES string of the molecule is Cc1ccccc1COc1cccnc1NC(=O)c1ccc(Cl)c(Cl)c1. The molecule has 132 valence electrons. The van der Waals surface area contributed by atoms with Gasteiger partial charge >= 0.3 is 0 Å². The highest BCUT2D eigenvalue weighted by atomic mass is 35.5. The van der Waals surface area contributed by atoms with Gasteiger partial charge in [0.15, 0.2) is 11.6 Å². The topological polar surface area (TPSA) is 51.2 Å². The fraction of sp³-hybridized carbons (Fsp3) is 0.100. The summed E-state index contributed by atoms with van der Waals surface area (Å²) in [5.74, 6) is 0.490. The van der Waals surface area contributed by atoms with Crippen molar-refractivity contribution in [3.05, 3.63) is 87.5 Å². The number of nitrogens with one attached hydrogen (secondary N) is 1. The zero-order chi connectivity index (χ0) is 18.5. The molecule has 0 radical (unpaired) electrons. The Hall–Kier alpha value is -2.56. The summed E-state index contributed by atoms with van der Waals surface area (Å²) in [5, 5.41) is 3.46. The minimum atomic E-state index is -0.344. The third-order valence-corrected chi connectivity index (χ3v) is 4.57. The first kappa shape index (κ1) is 18.2. The Bertz CT molecular complexity index is 945. The van der Waals surface area contributed by atoms with E-state index in [2.05, 4.69) is 10.3 Å². The molecule has 4 nitrogen and oxygen atoms in total. The second-order valence-electron chi connectivity index (χ2n) is 5.65. The van der Waals surface area contributed by atoms with Crippen molar-refractivity contribution in [1.82, 2.24) is 4.98 Å². The van der Waals surface area contributed by atoms with Crippen LogP contribution < -0.4 is 10.1 Å². The van der Waals surface area contributed by atoms with Gasteiger partial charge in [0.05, 0.1) is 10.0 Å². The largest absolute Gasteiger partial charge is 0.485 e. The van der Waals surface area contributed by atoms with Crippen molar-refractivity contribution in [3.63, 3.8) is 0 Å². The minimum absolute atomic E-state index is 0.316. The predicted molar refractivity (Wildman–Crippen MR) is 104 cm³/mol. The van der Waals surface area contributed by atoms with Crippen molar-refractivity contribution in [2.45, 2.75) is 13.5 Å². The van der Waals surface area contributed by atoms with Gasteiger partial charge in [-0.25, -0.2) is 4.98 Å². The van der Waals surface area contributed by atoms with Gasteiger partial charge in [-0.2, -0.15) is 0 Å². The highest BCUT2D eigenvalue weighted by molar-refractivity contribution is 6.42. The van der Waals surface area contributed by atoms with Gasteiger partial charge in [-0.05, 0) is 48.4 Å². The molecular weight excluding hydrogens is 371 g/mol. The highest BCUT2D eigenvalue weighted by Gasteiger charge is 2.13. The van der Waals surface area contributed by atoms with Crippen molar-refractivity contribution < 1.29 is 9.53 Å².